The third-order valence-corrected chi connectivity index (χ3v) is 2.49. The van der Waals surface area contributed by atoms with Crippen LogP contribution in [0.2, 0.25) is 0 Å². The Morgan fingerprint density at radius 1 is 1.17 bits per heavy atom. The molecule has 0 fully saturated rings. The van der Waals surface area contributed by atoms with E-state index in [1.165, 1.54) is 0 Å². The number of hydrogen-bond acceptors (Lipinski definition) is 7. The molecule has 0 amide bonds. The van der Waals surface area contributed by atoms with Crippen LogP contribution >= 0.6 is 0 Å². The van der Waals surface area contributed by atoms with Crippen LogP contribution in [-0.2, 0) is 0 Å². The van der Waals surface area contributed by atoms with Crippen molar-refractivity contribution in [2.24, 2.45) is 0 Å². The molecular formula is C11H22N6O. The van der Waals surface area contributed by atoms with Crippen LogP contribution in [-0.4, -0.2) is 60.9 Å². The largest absolute Gasteiger partial charge is 0.396 e. The Morgan fingerprint density at radius 2 is 1.83 bits per heavy atom. The number of nitrogens with zero attached hydrogens (tertiary/aromatic N) is 5. The summed E-state index contributed by atoms with van der Waals surface area (Å²) in [5.41, 5.74) is 0. The average molecular weight is 254 g/mol. The predicted molar refractivity (Wildman–Crippen MR) is 73.3 cm³/mol. The summed E-state index contributed by atoms with van der Waals surface area (Å²) in [6, 6.07) is 0. The lowest BCUT2D eigenvalue weighted by atomic mass is 10.4. The number of anilines is 3. The minimum Gasteiger partial charge on any atom is -0.396 e. The first-order valence-electron chi connectivity index (χ1n) is 6.09. The molecule has 0 radical (unpaired) electrons. The van der Waals surface area contributed by atoms with Crippen molar-refractivity contribution in [2.45, 2.75) is 13.3 Å². The molecule has 0 unspecified atom stereocenters. The number of rotatable bonds is 7. The summed E-state index contributed by atoms with van der Waals surface area (Å²) < 4.78 is 0. The third kappa shape index (κ3) is 3.69. The highest BCUT2D eigenvalue weighted by atomic mass is 16.3. The Bertz CT molecular complexity index is 371. The van der Waals surface area contributed by atoms with Gasteiger partial charge in [-0.2, -0.15) is 15.0 Å². The summed E-state index contributed by atoms with van der Waals surface area (Å²) in [5.74, 6) is 1.80. The zero-order valence-electron chi connectivity index (χ0n) is 11.5. The van der Waals surface area contributed by atoms with Crippen LogP contribution in [0.3, 0.4) is 0 Å². The summed E-state index contributed by atoms with van der Waals surface area (Å²) in [4.78, 5) is 16.9. The zero-order chi connectivity index (χ0) is 13.5. The highest BCUT2D eigenvalue weighted by molar-refractivity contribution is 5.44. The van der Waals surface area contributed by atoms with Gasteiger partial charge in [0.2, 0.25) is 17.8 Å². The van der Waals surface area contributed by atoms with Crippen molar-refractivity contribution in [1.29, 1.82) is 0 Å². The van der Waals surface area contributed by atoms with Gasteiger partial charge in [-0.1, -0.05) is 0 Å². The summed E-state index contributed by atoms with van der Waals surface area (Å²) >= 11 is 0. The van der Waals surface area contributed by atoms with Gasteiger partial charge < -0.3 is 20.2 Å². The maximum Gasteiger partial charge on any atom is 0.231 e. The number of aliphatic hydroxyl groups excluding tert-OH is 1. The molecule has 1 aromatic heterocycles. The molecule has 2 N–H and O–H groups in total. The van der Waals surface area contributed by atoms with Gasteiger partial charge in [-0.15, -0.1) is 0 Å². The van der Waals surface area contributed by atoms with Crippen molar-refractivity contribution in [3.63, 3.8) is 0 Å². The first kappa shape index (κ1) is 14.4. The lowest BCUT2D eigenvalue weighted by molar-refractivity contribution is 0.289. The molecule has 0 aromatic carbocycles. The van der Waals surface area contributed by atoms with Gasteiger partial charge in [0.1, 0.15) is 0 Å². The molecule has 0 aliphatic carbocycles. The van der Waals surface area contributed by atoms with Crippen molar-refractivity contribution in [3.8, 4) is 0 Å². The molecule has 1 rings (SSSR count). The van der Waals surface area contributed by atoms with Crippen LogP contribution in [0.4, 0.5) is 17.8 Å². The molecule has 0 bridgehead atoms. The van der Waals surface area contributed by atoms with Crippen LogP contribution in [0.1, 0.15) is 13.3 Å². The average Bonchev–Trinajstić information content (AvgIpc) is 2.39. The molecule has 0 spiro atoms. The van der Waals surface area contributed by atoms with Crippen LogP contribution in [0.15, 0.2) is 0 Å². The number of hydrogen-bond donors (Lipinski definition) is 2. The monoisotopic (exact) mass is 254 g/mol. The molecule has 0 aliphatic rings. The molecule has 0 saturated carbocycles. The van der Waals surface area contributed by atoms with E-state index in [-0.39, 0.29) is 6.61 Å². The zero-order valence-corrected chi connectivity index (χ0v) is 11.5. The van der Waals surface area contributed by atoms with Crippen molar-refractivity contribution < 1.29 is 5.11 Å². The summed E-state index contributed by atoms with van der Waals surface area (Å²) in [6.07, 6.45) is 0.700. The van der Waals surface area contributed by atoms with E-state index in [4.69, 9.17) is 5.11 Å². The molecule has 102 valence electrons. The van der Waals surface area contributed by atoms with E-state index in [1.807, 2.05) is 30.8 Å². The Balaban J connectivity index is 3.00. The van der Waals surface area contributed by atoms with E-state index < -0.39 is 0 Å². The quantitative estimate of drug-likeness (QED) is 0.719. The summed E-state index contributed by atoms with van der Waals surface area (Å²) in [5, 5.41) is 11.8. The third-order valence-electron chi connectivity index (χ3n) is 2.49. The lowest BCUT2D eigenvalue weighted by Gasteiger charge is -2.22. The van der Waals surface area contributed by atoms with E-state index in [0.717, 1.165) is 13.1 Å². The Labute approximate surface area is 108 Å². The first-order chi connectivity index (χ1) is 8.62. The van der Waals surface area contributed by atoms with E-state index in [0.29, 0.717) is 24.3 Å². The smallest absolute Gasteiger partial charge is 0.231 e. The molecule has 7 heteroatoms. The fourth-order valence-corrected chi connectivity index (χ4v) is 1.47. The second-order valence-electron chi connectivity index (χ2n) is 4.06. The van der Waals surface area contributed by atoms with Crippen molar-refractivity contribution in [3.05, 3.63) is 0 Å². The van der Waals surface area contributed by atoms with Gasteiger partial charge in [0.25, 0.3) is 0 Å². The molecule has 1 heterocycles. The number of aliphatic hydroxyl groups is 1. The molecule has 0 atom stereocenters. The molecule has 0 saturated heterocycles. The van der Waals surface area contributed by atoms with Crippen LogP contribution in [0.25, 0.3) is 0 Å². The van der Waals surface area contributed by atoms with Crippen LogP contribution in [0.5, 0.6) is 0 Å². The Hall–Kier alpha value is -1.63. The number of aromatic nitrogens is 3. The maximum atomic E-state index is 8.90. The summed E-state index contributed by atoms with van der Waals surface area (Å²) in [7, 11) is 5.56. The Kier molecular flexibility index (Phi) is 5.57. The molecule has 18 heavy (non-hydrogen) atoms. The van der Waals surface area contributed by atoms with Gasteiger partial charge >= 0.3 is 0 Å². The second-order valence-corrected chi connectivity index (χ2v) is 4.06. The normalized spacial score (nSPS) is 10.3. The fraction of sp³-hybridized carbons (Fsp3) is 0.727. The van der Waals surface area contributed by atoms with Gasteiger partial charge in [0.05, 0.1) is 0 Å². The molecule has 7 nitrogen and oxygen atoms in total. The van der Waals surface area contributed by atoms with Crippen molar-refractivity contribution in [1.82, 2.24) is 15.0 Å². The summed E-state index contributed by atoms with van der Waals surface area (Å²) in [6.45, 7) is 3.73. The van der Waals surface area contributed by atoms with Crippen molar-refractivity contribution >= 4 is 17.8 Å². The first-order valence-corrected chi connectivity index (χ1v) is 6.09. The maximum absolute atomic E-state index is 8.90. The predicted octanol–water partition coefficient (Wildman–Crippen LogP) is 0.188. The topological polar surface area (TPSA) is 77.4 Å². The van der Waals surface area contributed by atoms with Crippen molar-refractivity contribution in [2.75, 3.05) is 56.0 Å². The van der Waals surface area contributed by atoms with E-state index in [1.54, 1.807) is 7.05 Å². The minimum atomic E-state index is 0.168. The Morgan fingerprint density at radius 3 is 2.33 bits per heavy atom. The molecule has 0 aliphatic heterocycles. The second kappa shape index (κ2) is 6.95. The van der Waals surface area contributed by atoms with E-state index >= 15 is 0 Å². The van der Waals surface area contributed by atoms with E-state index in [9.17, 15) is 0 Å². The van der Waals surface area contributed by atoms with Gasteiger partial charge in [0, 0.05) is 40.8 Å². The highest BCUT2D eigenvalue weighted by Gasteiger charge is 2.12. The standard InChI is InChI=1S/C11H22N6O/c1-5-17(7-6-8-18)11-14-9(12-2)13-10(15-11)16(3)4/h18H,5-8H2,1-4H3,(H,12,13,14,15). The number of nitrogens with one attached hydrogen (secondary N) is 1. The van der Waals surface area contributed by atoms with Crippen LogP contribution in [0, 0.1) is 0 Å². The van der Waals surface area contributed by atoms with Crippen LogP contribution < -0.4 is 15.1 Å². The van der Waals surface area contributed by atoms with Gasteiger partial charge in [-0.05, 0) is 13.3 Å². The molecular weight excluding hydrogens is 232 g/mol. The lowest BCUT2D eigenvalue weighted by Crippen LogP contribution is -2.28. The molecule has 1 aromatic rings. The highest BCUT2D eigenvalue weighted by Crippen LogP contribution is 2.14. The minimum absolute atomic E-state index is 0.168. The SMILES string of the molecule is CCN(CCCO)c1nc(NC)nc(N(C)C)n1. The van der Waals surface area contributed by atoms with E-state index in [2.05, 4.69) is 20.3 Å². The fourth-order valence-electron chi connectivity index (χ4n) is 1.47. The van der Waals surface area contributed by atoms with Gasteiger partial charge in [-0.25, -0.2) is 0 Å². The van der Waals surface area contributed by atoms with Gasteiger partial charge in [0.15, 0.2) is 0 Å². The van der Waals surface area contributed by atoms with Gasteiger partial charge in [-0.3, -0.25) is 0 Å².